The molecule has 4 N–H and O–H groups in total. The minimum atomic E-state index is -0.543. The maximum absolute atomic E-state index is 13.6. The zero-order valence-corrected chi connectivity index (χ0v) is 44.3. The molecule has 1 saturated heterocycles. The van der Waals surface area contributed by atoms with Crippen LogP contribution in [-0.2, 0) is 33.2 Å². The highest BCUT2D eigenvalue weighted by molar-refractivity contribution is 7.16. The standard InChI is InChI=1S/C52H69N11O11S/c1-34-30-38(10-12-41(34)48(66)60-52-58-46(37(4)75-52)50(68)69-5)53-14-20-70-22-24-72-26-28-74-29-27-73-25-23-71-21-15-54-44(65)33-61-16-18-62(19-17-61)40-11-13-43(55-31-40)57-51-56-32-42-35(2)45(36(3)64)49(67)63(47(42)59-51)39-8-6-7-9-39/h10-13,30-32,39,53H,6-9,14-29,33H2,1-5H3,(H,54,65)(H,58,60,66)(H,55,56,57,59). The van der Waals surface area contributed by atoms with Crippen LogP contribution >= 0.6 is 11.3 Å². The number of methoxy groups -OCH3 is 1. The Morgan fingerprint density at radius 3 is 2.04 bits per heavy atom. The van der Waals surface area contributed by atoms with Crippen molar-refractivity contribution in [2.24, 2.45) is 0 Å². The Labute approximate surface area is 440 Å². The number of benzene rings is 1. The van der Waals surface area contributed by atoms with Crippen molar-refractivity contribution in [2.75, 3.05) is 140 Å². The average Bonchev–Trinajstić information content (AvgIpc) is 4.07. The molecule has 0 unspecified atom stereocenters. The molecule has 2 aliphatic rings. The monoisotopic (exact) mass is 1060 g/mol. The van der Waals surface area contributed by atoms with E-state index in [9.17, 15) is 24.0 Å². The van der Waals surface area contributed by atoms with Crippen LogP contribution in [0.5, 0.6) is 0 Å². The lowest BCUT2D eigenvalue weighted by atomic mass is 10.0. The van der Waals surface area contributed by atoms with Gasteiger partial charge in [-0.2, -0.15) is 4.98 Å². The van der Waals surface area contributed by atoms with E-state index in [0.29, 0.717) is 130 Å². The predicted molar refractivity (Wildman–Crippen MR) is 285 cm³/mol. The van der Waals surface area contributed by atoms with E-state index in [1.165, 1.54) is 25.4 Å². The van der Waals surface area contributed by atoms with E-state index in [4.69, 9.17) is 33.4 Å². The highest BCUT2D eigenvalue weighted by Gasteiger charge is 2.27. The number of carbonyl (C=O) groups is 4. The molecule has 2 amide bonds. The van der Waals surface area contributed by atoms with E-state index < -0.39 is 5.97 Å². The molecule has 22 nitrogen and oxygen atoms in total. The maximum Gasteiger partial charge on any atom is 0.357 e. The third-order valence-corrected chi connectivity index (χ3v) is 13.7. The van der Waals surface area contributed by atoms with Gasteiger partial charge >= 0.3 is 5.97 Å². The summed E-state index contributed by atoms with van der Waals surface area (Å²) in [4.78, 5) is 86.5. The van der Waals surface area contributed by atoms with Crippen molar-refractivity contribution >= 4 is 74.2 Å². The molecule has 4 aromatic heterocycles. The minimum Gasteiger partial charge on any atom is -0.464 e. The van der Waals surface area contributed by atoms with Gasteiger partial charge in [-0.05, 0) is 82.0 Å². The number of ether oxygens (including phenoxy) is 6. The van der Waals surface area contributed by atoms with E-state index in [1.807, 2.05) is 31.2 Å². The molecule has 5 heterocycles. The first-order chi connectivity index (χ1) is 36.4. The normalized spacial score (nSPS) is 14.1. The Bertz CT molecular complexity index is 2780. The minimum absolute atomic E-state index is 0.00430. The number of rotatable bonds is 29. The fourth-order valence-electron chi connectivity index (χ4n) is 8.93. The zero-order chi connectivity index (χ0) is 53.1. The van der Waals surface area contributed by atoms with E-state index in [1.54, 1.807) is 36.9 Å². The fourth-order valence-corrected chi connectivity index (χ4v) is 9.73. The SMILES string of the molecule is COC(=O)c1nc(NC(=O)c2ccc(NCCOCCOCCOCCOCCOCCNC(=O)CN3CCN(c4ccc(Nc5ncc6c(C)c(C(C)=O)c(=O)n(C7CCCC7)c6n5)nc4)CC3)cc2C)sc1C. The number of esters is 1. The predicted octanol–water partition coefficient (Wildman–Crippen LogP) is 5.10. The van der Waals surface area contributed by atoms with Crippen molar-refractivity contribution in [1.82, 2.24) is 34.7 Å². The number of piperazine rings is 1. The van der Waals surface area contributed by atoms with Crippen LogP contribution in [0.4, 0.5) is 28.3 Å². The number of amides is 2. The molecule has 0 atom stereocenters. The van der Waals surface area contributed by atoms with Gasteiger partial charge in [-0.25, -0.2) is 19.7 Å². The van der Waals surface area contributed by atoms with Crippen molar-refractivity contribution in [1.29, 1.82) is 0 Å². The number of hydrogen-bond acceptors (Lipinski definition) is 20. The van der Waals surface area contributed by atoms with E-state index in [-0.39, 0.29) is 40.5 Å². The van der Waals surface area contributed by atoms with Crippen LogP contribution in [0.15, 0.2) is 47.5 Å². The highest BCUT2D eigenvalue weighted by atomic mass is 32.1. The number of carbonyl (C=O) groups excluding carboxylic acids is 4. The number of aryl methyl sites for hydroxylation is 3. The lowest BCUT2D eigenvalue weighted by Crippen LogP contribution is -2.49. The summed E-state index contributed by atoms with van der Waals surface area (Å²) in [6.45, 7) is 15.4. The number of nitrogens with one attached hydrogen (secondary N) is 4. The van der Waals surface area contributed by atoms with Crippen molar-refractivity contribution in [2.45, 2.75) is 59.4 Å². The van der Waals surface area contributed by atoms with Gasteiger partial charge in [-0.3, -0.25) is 34.0 Å². The van der Waals surface area contributed by atoms with Crippen LogP contribution in [0, 0.1) is 20.8 Å². The first kappa shape index (κ1) is 56.3. The van der Waals surface area contributed by atoms with Crippen LogP contribution in [0.2, 0.25) is 0 Å². The van der Waals surface area contributed by atoms with Gasteiger partial charge in [0.05, 0.1) is 97.2 Å². The summed E-state index contributed by atoms with van der Waals surface area (Å²) in [5.41, 5.74) is 4.35. The van der Waals surface area contributed by atoms with Gasteiger partial charge in [0.2, 0.25) is 11.9 Å². The van der Waals surface area contributed by atoms with Gasteiger partial charge in [-0.15, -0.1) is 11.3 Å². The molecule has 1 saturated carbocycles. The summed E-state index contributed by atoms with van der Waals surface area (Å²) < 4.78 is 34.4. The van der Waals surface area contributed by atoms with Gasteiger partial charge in [0.25, 0.3) is 11.5 Å². The van der Waals surface area contributed by atoms with Crippen LogP contribution in [-0.4, -0.2) is 172 Å². The fraction of sp³-hybridized carbons (Fsp3) is 0.519. The molecule has 23 heteroatoms. The molecular formula is C52H69N11O11S. The molecule has 1 aliphatic heterocycles. The summed E-state index contributed by atoms with van der Waals surface area (Å²) in [5, 5.41) is 13.2. The van der Waals surface area contributed by atoms with Crippen LogP contribution < -0.4 is 31.7 Å². The molecular weight excluding hydrogens is 987 g/mol. The Balaban J connectivity index is 0.657. The number of Topliss-reactive ketones (excluding diaryl/α,β-unsaturated/α-hetero) is 1. The lowest BCUT2D eigenvalue weighted by Gasteiger charge is -2.35. The molecule has 1 aliphatic carbocycles. The first-order valence-corrected chi connectivity index (χ1v) is 26.2. The maximum atomic E-state index is 13.6. The van der Waals surface area contributed by atoms with Gasteiger partial charge < -0.3 is 49.3 Å². The van der Waals surface area contributed by atoms with Crippen molar-refractivity contribution in [3.8, 4) is 0 Å². The Kier molecular flexibility index (Phi) is 21.3. The number of pyridine rings is 2. The zero-order valence-electron chi connectivity index (χ0n) is 43.5. The second-order valence-corrected chi connectivity index (χ2v) is 19.3. The Hall–Kier alpha value is -6.47. The second-order valence-electron chi connectivity index (χ2n) is 18.1. The number of ketones is 1. The van der Waals surface area contributed by atoms with Gasteiger partial charge in [0, 0.05) is 73.0 Å². The summed E-state index contributed by atoms with van der Waals surface area (Å²) in [6.07, 6.45) is 7.28. The van der Waals surface area contributed by atoms with Crippen molar-refractivity contribution < 1.29 is 47.6 Å². The van der Waals surface area contributed by atoms with Gasteiger partial charge in [-0.1, -0.05) is 12.8 Å². The third-order valence-electron chi connectivity index (χ3n) is 12.8. The molecule has 5 aromatic rings. The van der Waals surface area contributed by atoms with Crippen LogP contribution in [0.3, 0.4) is 0 Å². The Morgan fingerprint density at radius 2 is 1.43 bits per heavy atom. The number of fused-ring (bicyclic) bond motifs is 1. The third kappa shape index (κ3) is 16.0. The smallest absolute Gasteiger partial charge is 0.357 e. The Morgan fingerprint density at radius 1 is 0.773 bits per heavy atom. The molecule has 0 radical (unpaired) electrons. The summed E-state index contributed by atoms with van der Waals surface area (Å²) in [5.74, 6) is -0.268. The number of anilines is 5. The average molecular weight is 1060 g/mol. The number of nitrogens with zero attached hydrogens (tertiary/aromatic N) is 7. The number of hydrogen-bond donors (Lipinski definition) is 4. The molecule has 1 aromatic carbocycles. The summed E-state index contributed by atoms with van der Waals surface area (Å²) >= 11 is 1.21. The number of aromatic nitrogens is 5. The highest BCUT2D eigenvalue weighted by Crippen LogP contribution is 2.32. The quantitative estimate of drug-likeness (QED) is 0.0276. The molecule has 404 valence electrons. The van der Waals surface area contributed by atoms with E-state index in [0.717, 1.165) is 68.8 Å². The topological polar surface area (TPSA) is 252 Å². The molecule has 2 fully saturated rings. The molecule has 7 rings (SSSR count). The molecule has 0 spiro atoms. The van der Waals surface area contributed by atoms with Gasteiger partial charge in [0.15, 0.2) is 16.6 Å². The summed E-state index contributed by atoms with van der Waals surface area (Å²) in [7, 11) is 1.29. The van der Waals surface area contributed by atoms with E-state index >= 15 is 0 Å². The van der Waals surface area contributed by atoms with E-state index in [2.05, 4.69) is 46.0 Å². The second kappa shape index (κ2) is 28.4. The largest absolute Gasteiger partial charge is 0.464 e. The van der Waals surface area contributed by atoms with Crippen molar-refractivity contribution in [3.05, 3.63) is 85.9 Å². The van der Waals surface area contributed by atoms with Crippen molar-refractivity contribution in [3.63, 3.8) is 0 Å². The van der Waals surface area contributed by atoms with Gasteiger partial charge in [0.1, 0.15) is 11.5 Å². The number of thiazole rings is 1. The lowest BCUT2D eigenvalue weighted by molar-refractivity contribution is -0.122. The van der Waals surface area contributed by atoms with Crippen LogP contribution in [0.25, 0.3) is 11.0 Å². The summed E-state index contributed by atoms with van der Waals surface area (Å²) in [6, 6.07) is 9.31. The first-order valence-electron chi connectivity index (χ1n) is 25.4. The van der Waals surface area contributed by atoms with Crippen LogP contribution in [0.1, 0.15) is 85.9 Å². The molecule has 0 bridgehead atoms. The molecule has 75 heavy (non-hydrogen) atoms.